The second-order valence-electron chi connectivity index (χ2n) is 8.02. The molecule has 0 unspecified atom stereocenters. The number of aromatic nitrogens is 3. The molecule has 1 aliphatic carbocycles. The Morgan fingerprint density at radius 3 is 2.55 bits per heavy atom. The van der Waals surface area contributed by atoms with Crippen molar-refractivity contribution in [1.82, 2.24) is 14.5 Å². The normalized spacial score (nSPS) is 14.9. The highest BCUT2D eigenvalue weighted by atomic mass is 15.1. The van der Waals surface area contributed by atoms with E-state index in [4.69, 9.17) is 4.98 Å². The molecule has 0 saturated heterocycles. The molecular formula is C25H26N4. The van der Waals surface area contributed by atoms with Gasteiger partial charge in [-0.1, -0.05) is 61.7 Å². The number of fused-ring (bicyclic) bond motifs is 1. The van der Waals surface area contributed by atoms with Crippen molar-refractivity contribution in [2.75, 3.05) is 5.32 Å². The maximum Gasteiger partial charge on any atom is 0.150 e. The Bertz CT molecular complexity index is 1120. The molecule has 2 aromatic carbocycles. The molecule has 4 nitrogen and oxygen atoms in total. The molecule has 5 rings (SSSR count). The standard InChI is InChI=1S/C25H26N4/c1-18-9-8-14-21(15-18)29-16-22(19-10-4-2-5-11-19)23-24(26-17-27-25(23)29)28-20-12-6-3-7-13-20/h2,4-5,8-11,14-17,20H,3,6-7,12-13H2,1H3,(H,26,27,28). The van der Waals surface area contributed by atoms with Crippen LogP contribution in [0.1, 0.15) is 37.7 Å². The molecule has 0 amide bonds. The lowest BCUT2D eigenvalue weighted by molar-refractivity contribution is 0.462. The van der Waals surface area contributed by atoms with E-state index in [-0.39, 0.29) is 0 Å². The number of nitrogens with zero attached hydrogens (tertiary/aromatic N) is 3. The quantitative estimate of drug-likeness (QED) is 0.461. The Morgan fingerprint density at radius 2 is 1.76 bits per heavy atom. The summed E-state index contributed by atoms with van der Waals surface area (Å²) in [7, 11) is 0. The van der Waals surface area contributed by atoms with Crippen LogP contribution in [0, 0.1) is 6.92 Å². The smallest absolute Gasteiger partial charge is 0.150 e. The summed E-state index contributed by atoms with van der Waals surface area (Å²) >= 11 is 0. The Hall–Kier alpha value is -3.14. The molecule has 0 spiro atoms. The van der Waals surface area contributed by atoms with E-state index in [0.717, 1.165) is 22.5 Å². The largest absolute Gasteiger partial charge is 0.367 e. The van der Waals surface area contributed by atoms with Gasteiger partial charge in [-0.2, -0.15) is 0 Å². The van der Waals surface area contributed by atoms with Crippen molar-refractivity contribution in [3.8, 4) is 16.8 Å². The number of anilines is 1. The monoisotopic (exact) mass is 382 g/mol. The number of hydrogen-bond acceptors (Lipinski definition) is 3. The Kier molecular flexibility index (Phi) is 4.76. The summed E-state index contributed by atoms with van der Waals surface area (Å²) in [5.74, 6) is 0.951. The van der Waals surface area contributed by atoms with E-state index in [0.29, 0.717) is 6.04 Å². The van der Waals surface area contributed by atoms with Crippen LogP contribution in [-0.4, -0.2) is 20.6 Å². The van der Waals surface area contributed by atoms with Gasteiger partial charge < -0.3 is 9.88 Å². The Balaban J connectivity index is 1.70. The van der Waals surface area contributed by atoms with Gasteiger partial charge in [0, 0.05) is 23.5 Å². The zero-order valence-corrected chi connectivity index (χ0v) is 16.8. The van der Waals surface area contributed by atoms with Gasteiger partial charge in [0.05, 0.1) is 5.39 Å². The number of hydrogen-bond donors (Lipinski definition) is 1. The summed E-state index contributed by atoms with van der Waals surface area (Å²) in [6.45, 7) is 2.12. The fraction of sp³-hybridized carbons (Fsp3) is 0.280. The summed E-state index contributed by atoms with van der Waals surface area (Å²) in [5, 5.41) is 4.85. The zero-order chi connectivity index (χ0) is 19.6. The van der Waals surface area contributed by atoms with Gasteiger partial charge >= 0.3 is 0 Å². The van der Waals surface area contributed by atoms with Gasteiger partial charge in [0.1, 0.15) is 12.1 Å². The summed E-state index contributed by atoms with van der Waals surface area (Å²) in [6.07, 6.45) is 10.2. The highest BCUT2D eigenvalue weighted by Gasteiger charge is 2.20. The fourth-order valence-corrected chi connectivity index (χ4v) is 4.42. The van der Waals surface area contributed by atoms with Crippen LogP contribution in [0.25, 0.3) is 27.8 Å². The number of benzene rings is 2. The number of nitrogens with one attached hydrogen (secondary N) is 1. The Morgan fingerprint density at radius 1 is 0.931 bits per heavy atom. The summed E-state index contributed by atoms with van der Waals surface area (Å²) in [5.41, 5.74) is 5.66. The van der Waals surface area contributed by atoms with Gasteiger partial charge in [0.2, 0.25) is 0 Å². The molecular weight excluding hydrogens is 356 g/mol. The first-order chi connectivity index (χ1) is 14.3. The van der Waals surface area contributed by atoms with Crippen molar-refractivity contribution in [1.29, 1.82) is 0 Å². The van der Waals surface area contributed by atoms with Crippen molar-refractivity contribution in [3.05, 3.63) is 72.7 Å². The van der Waals surface area contributed by atoms with Crippen molar-refractivity contribution in [2.24, 2.45) is 0 Å². The molecule has 1 fully saturated rings. The lowest BCUT2D eigenvalue weighted by Gasteiger charge is -2.23. The average molecular weight is 383 g/mol. The average Bonchev–Trinajstić information content (AvgIpc) is 3.16. The third-order valence-electron chi connectivity index (χ3n) is 5.89. The minimum Gasteiger partial charge on any atom is -0.367 e. The molecule has 0 atom stereocenters. The van der Waals surface area contributed by atoms with Gasteiger partial charge in [0.15, 0.2) is 5.65 Å². The molecule has 1 saturated carbocycles. The van der Waals surface area contributed by atoms with E-state index < -0.39 is 0 Å². The van der Waals surface area contributed by atoms with Crippen molar-refractivity contribution >= 4 is 16.9 Å². The van der Waals surface area contributed by atoms with E-state index in [1.165, 1.54) is 48.8 Å². The van der Waals surface area contributed by atoms with Crippen LogP contribution in [0.5, 0.6) is 0 Å². The van der Waals surface area contributed by atoms with E-state index in [2.05, 4.69) is 82.6 Å². The van der Waals surface area contributed by atoms with Crippen LogP contribution in [-0.2, 0) is 0 Å². The minimum atomic E-state index is 0.493. The van der Waals surface area contributed by atoms with E-state index in [9.17, 15) is 0 Å². The van der Waals surface area contributed by atoms with Crippen molar-refractivity contribution in [2.45, 2.75) is 45.1 Å². The van der Waals surface area contributed by atoms with Crippen molar-refractivity contribution < 1.29 is 0 Å². The van der Waals surface area contributed by atoms with Crippen LogP contribution in [0.4, 0.5) is 5.82 Å². The van der Waals surface area contributed by atoms with Crippen LogP contribution in [0.2, 0.25) is 0 Å². The topological polar surface area (TPSA) is 42.7 Å². The van der Waals surface area contributed by atoms with Gasteiger partial charge in [-0.25, -0.2) is 9.97 Å². The predicted octanol–water partition coefficient (Wildman–Crippen LogP) is 6.14. The summed E-state index contributed by atoms with van der Waals surface area (Å²) in [4.78, 5) is 9.38. The molecule has 4 aromatic rings. The second kappa shape index (κ2) is 7.70. The lowest BCUT2D eigenvalue weighted by atomic mass is 9.95. The van der Waals surface area contributed by atoms with E-state index in [1.54, 1.807) is 6.33 Å². The molecule has 0 radical (unpaired) electrons. The van der Waals surface area contributed by atoms with Gasteiger partial charge in [-0.3, -0.25) is 0 Å². The molecule has 4 heteroatoms. The highest BCUT2D eigenvalue weighted by molar-refractivity contribution is 6.02. The first kappa shape index (κ1) is 17.9. The molecule has 1 aliphatic rings. The molecule has 2 aromatic heterocycles. The molecule has 29 heavy (non-hydrogen) atoms. The molecule has 0 aliphatic heterocycles. The predicted molar refractivity (Wildman–Crippen MR) is 120 cm³/mol. The van der Waals surface area contributed by atoms with E-state index >= 15 is 0 Å². The molecule has 2 heterocycles. The van der Waals surface area contributed by atoms with Crippen LogP contribution in [0.3, 0.4) is 0 Å². The maximum atomic E-state index is 4.70. The van der Waals surface area contributed by atoms with Crippen LogP contribution in [0.15, 0.2) is 67.1 Å². The van der Waals surface area contributed by atoms with Gasteiger partial charge in [0.25, 0.3) is 0 Å². The van der Waals surface area contributed by atoms with Crippen LogP contribution < -0.4 is 5.32 Å². The third-order valence-corrected chi connectivity index (χ3v) is 5.89. The first-order valence-electron chi connectivity index (χ1n) is 10.5. The van der Waals surface area contributed by atoms with Gasteiger partial charge in [-0.15, -0.1) is 0 Å². The first-order valence-corrected chi connectivity index (χ1v) is 10.5. The zero-order valence-electron chi connectivity index (χ0n) is 16.8. The Labute approximate surface area is 171 Å². The van der Waals surface area contributed by atoms with Crippen LogP contribution >= 0.6 is 0 Å². The SMILES string of the molecule is Cc1cccc(-n2cc(-c3ccccc3)c3c(NC4CCCCC4)ncnc32)c1. The fourth-order valence-electron chi connectivity index (χ4n) is 4.42. The lowest BCUT2D eigenvalue weighted by Crippen LogP contribution is -2.23. The van der Waals surface area contributed by atoms with Crippen molar-refractivity contribution in [3.63, 3.8) is 0 Å². The number of aryl methyl sites for hydroxylation is 1. The molecule has 146 valence electrons. The highest BCUT2D eigenvalue weighted by Crippen LogP contribution is 2.36. The summed E-state index contributed by atoms with van der Waals surface area (Å²) < 4.78 is 2.19. The number of rotatable bonds is 4. The van der Waals surface area contributed by atoms with Gasteiger partial charge in [-0.05, 0) is 43.0 Å². The second-order valence-corrected chi connectivity index (χ2v) is 8.02. The molecule has 0 bridgehead atoms. The molecule has 1 N–H and O–H groups in total. The third kappa shape index (κ3) is 3.51. The van der Waals surface area contributed by atoms with E-state index in [1.807, 2.05) is 0 Å². The minimum absolute atomic E-state index is 0.493. The maximum absolute atomic E-state index is 4.70. The summed E-state index contributed by atoms with van der Waals surface area (Å²) in [6, 6.07) is 19.6.